The van der Waals surface area contributed by atoms with Crippen molar-refractivity contribution in [2.24, 2.45) is 10.9 Å². The number of benzene rings is 1. The Hall–Kier alpha value is -1.53. The molecule has 0 spiro atoms. The van der Waals surface area contributed by atoms with Crippen LogP contribution in [0.3, 0.4) is 0 Å². The van der Waals surface area contributed by atoms with Crippen molar-refractivity contribution in [3.63, 3.8) is 0 Å². The van der Waals surface area contributed by atoms with Crippen molar-refractivity contribution >= 4 is 29.1 Å². The second kappa shape index (κ2) is 8.53. The lowest BCUT2D eigenvalue weighted by atomic mass is 10.2. The first-order chi connectivity index (χ1) is 11.7. The highest BCUT2D eigenvalue weighted by Gasteiger charge is 2.24. The Labute approximate surface area is 152 Å². The number of rotatable bonds is 5. The number of nitrogens with one attached hydrogen (secondary N) is 1. The summed E-state index contributed by atoms with van der Waals surface area (Å²) in [6.07, 6.45) is 1.23. The van der Waals surface area contributed by atoms with E-state index in [0.29, 0.717) is 0 Å². The molecule has 0 amide bonds. The standard InChI is InChI=1S/C18H24N4S2/c1-14-12-24-17(21-14)10-20-18(19-2)22-9-8-15(11-22)13-23-16-6-4-3-5-7-16/h3-7,12,15H,8-11,13H2,1-2H3,(H,19,20). The number of guanidine groups is 1. The summed E-state index contributed by atoms with van der Waals surface area (Å²) < 4.78 is 0. The van der Waals surface area contributed by atoms with Crippen LogP contribution in [0.4, 0.5) is 0 Å². The van der Waals surface area contributed by atoms with Crippen molar-refractivity contribution in [3.8, 4) is 0 Å². The summed E-state index contributed by atoms with van der Waals surface area (Å²) in [6.45, 7) is 4.95. The Balaban J connectivity index is 1.46. The van der Waals surface area contributed by atoms with E-state index in [1.807, 2.05) is 25.7 Å². The van der Waals surface area contributed by atoms with Crippen LogP contribution in [-0.2, 0) is 6.54 Å². The lowest BCUT2D eigenvalue weighted by Crippen LogP contribution is -2.39. The first-order valence-electron chi connectivity index (χ1n) is 8.29. The molecule has 4 nitrogen and oxygen atoms in total. The fourth-order valence-electron chi connectivity index (χ4n) is 2.86. The summed E-state index contributed by atoms with van der Waals surface area (Å²) in [5.74, 6) is 2.88. The zero-order chi connectivity index (χ0) is 16.8. The summed E-state index contributed by atoms with van der Waals surface area (Å²) >= 11 is 3.66. The predicted octanol–water partition coefficient (Wildman–Crippen LogP) is 3.64. The number of aromatic nitrogens is 1. The number of aliphatic imine (C=N–C) groups is 1. The molecular formula is C18H24N4S2. The second-order valence-electron chi connectivity index (χ2n) is 6.01. The predicted molar refractivity (Wildman–Crippen MR) is 104 cm³/mol. The van der Waals surface area contributed by atoms with Crippen molar-refractivity contribution in [2.45, 2.75) is 24.8 Å². The van der Waals surface area contributed by atoms with Gasteiger partial charge in [0, 0.05) is 41.9 Å². The van der Waals surface area contributed by atoms with E-state index in [9.17, 15) is 0 Å². The van der Waals surface area contributed by atoms with Crippen molar-refractivity contribution in [1.82, 2.24) is 15.2 Å². The molecule has 0 aliphatic carbocycles. The topological polar surface area (TPSA) is 40.5 Å². The number of thioether (sulfide) groups is 1. The molecule has 1 saturated heterocycles. The van der Waals surface area contributed by atoms with Gasteiger partial charge in [0.1, 0.15) is 5.01 Å². The van der Waals surface area contributed by atoms with Crippen LogP contribution >= 0.6 is 23.1 Å². The van der Waals surface area contributed by atoms with Crippen LogP contribution in [0.1, 0.15) is 17.1 Å². The lowest BCUT2D eigenvalue weighted by molar-refractivity contribution is 0.474. The highest BCUT2D eigenvalue weighted by atomic mass is 32.2. The Bertz CT molecular complexity index is 669. The van der Waals surface area contributed by atoms with Gasteiger partial charge in [-0.05, 0) is 31.4 Å². The first-order valence-corrected chi connectivity index (χ1v) is 10.2. The molecule has 1 aliphatic heterocycles. The van der Waals surface area contributed by atoms with Crippen LogP contribution in [0.25, 0.3) is 0 Å². The number of hydrogen-bond acceptors (Lipinski definition) is 4. The molecule has 1 aliphatic rings. The van der Waals surface area contributed by atoms with Gasteiger partial charge in [0.25, 0.3) is 0 Å². The third kappa shape index (κ3) is 4.74. The molecule has 2 aromatic rings. The second-order valence-corrected chi connectivity index (χ2v) is 8.04. The molecule has 1 aromatic heterocycles. The minimum absolute atomic E-state index is 0.718. The maximum Gasteiger partial charge on any atom is 0.194 e. The van der Waals surface area contributed by atoms with Crippen molar-refractivity contribution in [2.75, 3.05) is 25.9 Å². The minimum Gasteiger partial charge on any atom is -0.350 e. The van der Waals surface area contributed by atoms with Crippen molar-refractivity contribution in [3.05, 3.63) is 46.4 Å². The molecule has 0 radical (unpaired) electrons. The molecule has 0 bridgehead atoms. The van der Waals surface area contributed by atoms with E-state index in [2.05, 4.69) is 55.9 Å². The number of hydrogen-bond donors (Lipinski definition) is 1. The van der Waals surface area contributed by atoms with E-state index in [4.69, 9.17) is 0 Å². The normalized spacial score (nSPS) is 18.2. The molecule has 1 fully saturated rings. The van der Waals surface area contributed by atoms with Gasteiger partial charge < -0.3 is 10.2 Å². The van der Waals surface area contributed by atoms with Gasteiger partial charge in [-0.25, -0.2) is 4.98 Å². The molecule has 128 valence electrons. The molecule has 1 unspecified atom stereocenters. The number of thiazole rings is 1. The van der Waals surface area contributed by atoms with Crippen LogP contribution in [0.15, 0.2) is 45.6 Å². The number of nitrogens with zero attached hydrogens (tertiary/aromatic N) is 3. The smallest absolute Gasteiger partial charge is 0.194 e. The average Bonchev–Trinajstić information content (AvgIpc) is 3.24. The van der Waals surface area contributed by atoms with Gasteiger partial charge in [-0.2, -0.15) is 0 Å². The third-order valence-electron chi connectivity index (χ3n) is 4.09. The molecule has 1 N–H and O–H groups in total. The van der Waals surface area contributed by atoms with E-state index in [1.165, 1.54) is 17.1 Å². The van der Waals surface area contributed by atoms with Gasteiger partial charge in [-0.15, -0.1) is 23.1 Å². The van der Waals surface area contributed by atoms with Gasteiger partial charge >= 0.3 is 0 Å². The molecule has 2 heterocycles. The molecule has 1 aromatic carbocycles. The van der Waals surface area contributed by atoms with Gasteiger partial charge in [0.2, 0.25) is 0 Å². The first kappa shape index (κ1) is 17.3. The SMILES string of the molecule is CN=C(NCc1nc(C)cs1)N1CCC(CSc2ccccc2)C1. The van der Waals surface area contributed by atoms with Gasteiger partial charge in [0.05, 0.1) is 6.54 Å². The summed E-state index contributed by atoms with van der Waals surface area (Å²) in [6, 6.07) is 10.7. The maximum atomic E-state index is 4.50. The number of aryl methyl sites for hydroxylation is 1. The summed E-state index contributed by atoms with van der Waals surface area (Å²) in [5.41, 5.74) is 1.09. The fourth-order valence-corrected chi connectivity index (χ4v) is 4.62. The van der Waals surface area contributed by atoms with Crippen LogP contribution < -0.4 is 5.32 Å². The minimum atomic E-state index is 0.718. The van der Waals surface area contributed by atoms with Crippen LogP contribution in [0.2, 0.25) is 0 Å². The molecule has 24 heavy (non-hydrogen) atoms. The van der Waals surface area contributed by atoms with E-state index < -0.39 is 0 Å². The van der Waals surface area contributed by atoms with Gasteiger partial charge in [-0.3, -0.25) is 4.99 Å². The van der Waals surface area contributed by atoms with Gasteiger partial charge in [-0.1, -0.05) is 18.2 Å². The van der Waals surface area contributed by atoms with Crippen LogP contribution in [0.5, 0.6) is 0 Å². The van der Waals surface area contributed by atoms with Crippen molar-refractivity contribution < 1.29 is 0 Å². The Morgan fingerprint density at radius 3 is 2.96 bits per heavy atom. The van der Waals surface area contributed by atoms with E-state index in [-0.39, 0.29) is 0 Å². The van der Waals surface area contributed by atoms with Crippen molar-refractivity contribution in [1.29, 1.82) is 0 Å². The number of likely N-dealkylation sites (tertiary alicyclic amines) is 1. The zero-order valence-electron chi connectivity index (χ0n) is 14.2. The summed E-state index contributed by atoms with van der Waals surface area (Å²) in [5, 5.41) is 6.66. The lowest BCUT2D eigenvalue weighted by Gasteiger charge is -2.21. The fraction of sp³-hybridized carbons (Fsp3) is 0.444. The summed E-state index contributed by atoms with van der Waals surface area (Å²) in [7, 11) is 1.86. The summed E-state index contributed by atoms with van der Waals surface area (Å²) in [4.78, 5) is 12.7. The van der Waals surface area contributed by atoms with E-state index in [1.54, 1.807) is 11.3 Å². The van der Waals surface area contributed by atoms with Crippen LogP contribution in [-0.4, -0.2) is 41.7 Å². The molecule has 3 rings (SSSR count). The van der Waals surface area contributed by atoms with Gasteiger partial charge in [0.15, 0.2) is 5.96 Å². The average molecular weight is 361 g/mol. The Morgan fingerprint density at radius 1 is 1.42 bits per heavy atom. The highest BCUT2D eigenvalue weighted by Crippen LogP contribution is 2.25. The van der Waals surface area contributed by atoms with E-state index in [0.717, 1.165) is 42.2 Å². The maximum absolute atomic E-state index is 4.50. The highest BCUT2D eigenvalue weighted by molar-refractivity contribution is 7.99. The van der Waals surface area contributed by atoms with Crippen LogP contribution in [0, 0.1) is 12.8 Å². The Kier molecular flexibility index (Phi) is 6.15. The van der Waals surface area contributed by atoms with E-state index >= 15 is 0 Å². The zero-order valence-corrected chi connectivity index (χ0v) is 15.9. The quantitative estimate of drug-likeness (QED) is 0.502. The molecular weight excluding hydrogens is 336 g/mol. The largest absolute Gasteiger partial charge is 0.350 e. The Morgan fingerprint density at radius 2 is 2.25 bits per heavy atom. The molecule has 1 atom stereocenters. The molecule has 6 heteroatoms. The molecule has 0 saturated carbocycles. The third-order valence-corrected chi connectivity index (χ3v) is 6.30. The monoisotopic (exact) mass is 360 g/mol.